The minimum Gasteiger partial charge on any atom is -0.494 e. The van der Waals surface area contributed by atoms with Crippen LogP contribution in [0.1, 0.15) is 57.9 Å². The Morgan fingerprint density at radius 1 is 1.09 bits per heavy atom. The van der Waals surface area contributed by atoms with E-state index < -0.39 is 24.0 Å². The zero-order valence-corrected chi connectivity index (χ0v) is 20.5. The van der Waals surface area contributed by atoms with Gasteiger partial charge in [0.1, 0.15) is 24.2 Å². The number of amides is 2. The van der Waals surface area contributed by atoms with Crippen LogP contribution in [0, 0.1) is 0 Å². The minimum absolute atomic E-state index is 0.0662. The van der Waals surface area contributed by atoms with E-state index in [2.05, 4.69) is 31.4 Å². The van der Waals surface area contributed by atoms with E-state index in [0.29, 0.717) is 18.8 Å². The zero-order chi connectivity index (χ0) is 25.4. The van der Waals surface area contributed by atoms with Gasteiger partial charge in [-0.2, -0.15) is 0 Å². The number of hydrogen-bond acceptors (Lipinski definition) is 7. The summed E-state index contributed by atoms with van der Waals surface area (Å²) in [5.41, 5.74) is 1.55. The molecule has 2 heterocycles. The Labute approximate surface area is 204 Å². The molecule has 9 heteroatoms. The molecule has 0 aliphatic carbocycles. The molecule has 9 nitrogen and oxygen atoms in total. The molecular formula is C26H32N2O7. The van der Waals surface area contributed by atoms with Gasteiger partial charge in [0, 0.05) is 6.42 Å². The van der Waals surface area contributed by atoms with Gasteiger partial charge in [0.25, 0.3) is 0 Å². The molecule has 3 rings (SSSR count). The van der Waals surface area contributed by atoms with Crippen LogP contribution >= 0.6 is 0 Å². The van der Waals surface area contributed by atoms with Crippen molar-refractivity contribution in [1.82, 2.24) is 10.6 Å². The maximum absolute atomic E-state index is 12.6. The smallest absolute Gasteiger partial charge is 0.338 e. The molecule has 0 spiro atoms. The molecule has 0 saturated carbocycles. The van der Waals surface area contributed by atoms with Crippen LogP contribution in [0.3, 0.4) is 0 Å². The van der Waals surface area contributed by atoms with Crippen LogP contribution in [0.15, 0.2) is 58.3 Å². The third kappa shape index (κ3) is 7.11. The molecule has 0 saturated heterocycles. The second kappa shape index (κ2) is 11.6. The van der Waals surface area contributed by atoms with Crippen LogP contribution in [-0.2, 0) is 24.5 Å². The molecule has 1 aromatic heterocycles. The van der Waals surface area contributed by atoms with E-state index >= 15 is 0 Å². The lowest BCUT2D eigenvalue weighted by atomic mass is 9.87. The quantitative estimate of drug-likeness (QED) is 0.384. The Bertz CT molecular complexity index is 1050. The van der Waals surface area contributed by atoms with Crippen molar-refractivity contribution in [3.63, 3.8) is 0 Å². The van der Waals surface area contributed by atoms with E-state index in [1.54, 1.807) is 19.1 Å². The van der Waals surface area contributed by atoms with Crippen molar-refractivity contribution in [3.05, 3.63) is 65.3 Å². The highest BCUT2D eigenvalue weighted by Gasteiger charge is 2.35. The highest BCUT2D eigenvalue weighted by Crippen LogP contribution is 2.28. The summed E-state index contributed by atoms with van der Waals surface area (Å²) in [5, 5.41) is 5.18. The summed E-state index contributed by atoms with van der Waals surface area (Å²) in [6.45, 7) is 8.32. The normalized spacial score (nSPS) is 15.8. The van der Waals surface area contributed by atoms with Crippen LogP contribution in [-0.4, -0.2) is 37.8 Å². The van der Waals surface area contributed by atoms with E-state index in [1.807, 2.05) is 24.3 Å². The number of nitrogens with one attached hydrogen (secondary N) is 2. The lowest BCUT2D eigenvalue weighted by Gasteiger charge is -2.27. The van der Waals surface area contributed by atoms with Crippen molar-refractivity contribution in [2.75, 3.05) is 19.8 Å². The van der Waals surface area contributed by atoms with Crippen molar-refractivity contribution in [2.24, 2.45) is 0 Å². The molecule has 1 aliphatic heterocycles. The molecule has 1 aliphatic rings. The average Bonchev–Trinajstić information content (AvgIpc) is 3.35. The predicted molar refractivity (Wildman–Crippen MR) is 128 cm³/mol. The zero-order valence-electron chi connectivity index (χ0n) is 20.5. The second-order valence-electron chi connectivity index (χ2n) is 9.05. The summed E-state index contributed by atoms with van der Waals surface area (Å²) >= 11 is 0. The van der Waals surface area contributed by atoms with Gasteiger partial charge in [-0.15, -0.1) is 0 Å². The third-order valence-electron chi connectivity index (χ3n) is 5.37. The highest BCUT2D eigenvalue weighted by molar-refractivity contribution is 5.95. The van der Waals surface area contributed by atoms with E-state index in [4.69, 9.17) is 18.6 Å². The maximum atomic E-state index is 12.6. The first-order chi connectivity index (χ1) is 16.7. The predicted octanol–water partition coefficient (Wildman–Crippen LogP) is 4.15. The summed E-state index contributed by atoms with van der Waals surface area (Å²) in [4.78, 5) is 37.1. The molecule has 35 heavy (non-hydrogen) atoms. The van der Waals surface area contributed by atoms with Crippen molar-refractivity contribution >= 4 is 18.0 Å². The number of ether oxygens (including phenoxy) is 3. The summed E-state index contributed by atoms with van der Waals surface area (Å²) < 4.78 is 21.6. The molecule has 2 N–H and O–H groups in total. The van der Waals surface area contributed by atoms with E-state index in [0.717, 1.165) is 5.75 Å². The molecule has 188 valence electrons. The van der Waals surface area contributed by atoms with Gasteiger partial charge in [-0.25, -0.2) is 9.59 Å². The first-order valence-electron chi connectivity index (χ1n) is 11.6. The molecular weight excluding hydrogens is 452 g/mol. The molecule has 0 fully saturated rings. The summed E-state index contributed by atoms with van der Waals surface area (Å²) in [7, 11) is 0. The van der Waals surface area contributed by atoms with E-state index in [1.165, 1.54) is 11.8 Å². The van der Waals surface area contributed by atoms with Crippen molar-refractivity contribution < 1.29 is 33.0 Å². The largest absolute Gasteiger partial charge is 0.494 e. The maximum Gasteiger partial charge on any atom is 0.338 e. The van der Waals surface area contributed by atoms with Gasteiger partial charge in [0.2, 0.25) is 0 Å². The summed E-state index contributed by atoms with van der Waals surface area (Å²) in [6, 6.07) is 9.77. The molecule has 2 aromatic rings. The monoisotopic (exact) mass is 484 g/mol. The number of carbonyl (C=O) groups excluding carboxylic acids is 3. The molecule has 1 atom stereocenters. The van der Waals surface area contributed by atoms with E-state index in [9.17, 15) is 14.4 Å². The first-order valence-corrected chi connectivity index (χ1v) is 11.6. The van der Waals surface area contributed by atoms with Gasteiger partial charge in [0.05, 0.1) is 30.7 Å². The van der Waals surface area contributed by atoms with Crippen LogP contribution in [0.25, 0.3) is 0 Å². The van der Waals surface area contributed by atoms with Crippen molar-refractivity contribution in [1.29, 1.82) is 0 Å². The molecule has 1 aromatic carbocycles. The third-order valence-corrected chi connectivity index (χ3v) is 5.37. The van der Waals surface area contributed by atoms with Gasteiger partial charge in [-0.3, -0.25) is 4.79 Å². The lowest BCUT2D eigenvalue weighted by molar-refractivity contribution is -0.144. The highest BCUT2D eigenvalue weighted by atomic mass is 16.5. The van der Waals surface area contributed by atoms with Crippen LogP contribution in [0.5, 0.6) is 5.75 Å². The Morgan fingerprint density at radius 2 is 1.83 bits per heavy atom. The van der Waals surface area contributed by atoms with Gasteiger partial charge >= 0.3 is 18.0 Å². The minimum atomic E-state index is -0.857. The number of carbonyl (C=O) groups is 3. The SMILES string of the molecule is CCOC(=O)C1=C(COC(=O)CCCOc2ccc(C(C)(C)C)cc2)NC(=O)NC1c1ccco1. The van der Waals surface area contributed by atoms with Crippen LogP contribution < -0.4 is 15.4 Å². The summed E-state index contributed by atoms with van der Waals surface area (Å²) in [6.07, 6.45) is 2.01. The Hall–Kier alpha value is -3.75. The van der Waals surface area contributed by atoms with Gasteiger partial charge in [0.15, 0.2) is 0 Å². The standard InChI is InChI=1S/C26H32N2O7/c1-5-32-24(30)22-19(27-25(31)28-23(22)20-8-6-15-34-20)16-35-21(29)9-7-14-33-18-12-10-17(11-13-18)26(2,3)4/h6,8,10-13,15,23H,5,7,9,14,16H2,1-4H3,(H2,27,28,31). The number of benzene rings is 1. The molecule has 2 amide bonds. The first kappa shape index (κ1) is 25.9. The second-order valence-corrected chi connectivity index (χ2v) is 9.05. The van der Waals surface area contributed by atoms with Gasteiger partial charge in [-0.05, 0) is 48.6 Å². The van der Waals surface area contributed by atoms with Crippen LogP contribution in [0.4, 0.5) is 4.79 Å². The summed E-state index contributed by atoms with van der Waals surface area (Å²) in [5.74, 6) is -0.0237. The van der Waals surface area contributed by atoms with Crippen LogP contribution in [0.2, 0.25) is 0 Å². The van der Waals surface area contributed by atoms with Gasteiger partial charge in [-0.1, -0.05) is 32.9 Å². The fourth-order valence-corrected chi connectivity index (χ4v) is 3.53. The average molecular weight is 485 g/mol. The van der Waals surface area contributed by atoms with Gasteiger partial charge < -0.3 is 29.3 Å². The molecule has 0 bridgehead atoms. The number of rotatable bonds is 10. The number of furan rings is 1. The Balaban J connectivity index is 1.55. The number of urea groups is 1. The number of hydrogen-bond donors (Lipinski definition) is 2. The number of esters is 2. The fourth-order valence-electron chi connectivity index (χ4n) is 3.53. The molecule has 1 unspecified atom stereocenters. The van der Waals surface area contributed by atoms with Crippen molar-refractivity contribution in [3.8, 4) is 5.75 Å². The Kier molecular flexibility index (Phi) is 8.57. The topological polar surface area (TPSA) is 116 Å². The van der Waals surface area contributed by atoms with Crippen molar-refractivity contribution in [2.45, 2.75) is 52.0 Å². The molecule has 0 radical (unpaired) electrons. The van der Waals surface area contributed by atoms with E-state index in [-0.39, 0.29) is 36.3 Å². The fraction of sp³-hybridized carbons (Fsp3) is 0.423. The lowest BCUT2D eigenvalue weighted by Crippen LogP contribution is -2.47. The Morgan fingerprint density at radius 3 is 2.46 bits per heavy atom.